The summed E-state index contributed by atoms with van der Waals surface area (Å²) in [5, 5.41) is 3.47. The van der Waals surface area contributed by atoms with Gasteiger partial charge in [0.2, 0.25) is 5.91 Å². The summed E-state index contributed by atoms with van der Waals surface area (Å²) in [6.45, 7) is 2.10. The summed E-state index contributed by atoms with van der Waals surface area (Å²) in [6.07, 6.45) is 4.13. The Morgan fingerprint density at radius 1 is 1.42 bits per heavy atom. The highest BCUT2D eigenvalue weighted by atomic mass is 16.1. The quantitative estimate of drug-likeness (QED) is 0.846. The van der Waals surface area contributed by atoms with Gasteiger partial charge >= 0.3 is 0 Å². The number of nitrogens with two attached hydrogens (primary N) is 1. The predicted molar refractivity (Wildman–Crippen MR) is 78.1 cm³/mol. The Bertz CT molecular complexity index is 433. The van der Waals surface area contributed by atoms with Crippen LogP contribution in [0.4, 0.5) is 5.69 Å². The summed E-state index contributed by atoms with van der Waals surface area (Å²) < 4.78 is 0. The molecule has 0 radical (unpaired) electrons. The normalized spacial score (nSPS) is 20.2. The highest BCUT2D eigenvalue weighted by molar-refractivity contribution is 5.78. The van der Waals surface area contributed by atoms with Gasteiger partial charge in [0.15, 0.2) is 0 Å². The van der Waals surface area contributed by atoms with Gasteiger partial charge in [-0.15, -0.1) is 0 Å². The molecule has 0 spiro atoms. The zero-order chi connectivity index (χ0) is 13.7. The maximum Gasteiger partial charge on any atom is 0.221 e. The van der Waals surface area contributed by atoms with Crippen molar-refractivity contribution < 1.29 is 4.79 Å². The maximum atomic E-state index is 11.1. The van der Waals surface area contributed by atoms with Crippen molar-refractivity contribution in [2.24, 2.45) is 5.73 Å². The second-order valence-electron chi connectivity index (χ2n) is 5.31. The second-order valence-corrected chi connectivity index (χ2v) is 5.31. The molecule has 0 bridgehead atoms. The van der Waals surface area contributed by atoms with E-state index in [2.05, 4.69) is 17.3 Å². The van der Waals surface area contributed by atoms with Gasteiger partial charge in [0, 0.05) is 18.3 Å². The van der Waals surface area contributed by atoms with Crippen molar-refractivity contribution >= 4 is 11.6 Å². The summed E-state index contributed by atoms with van der Waals surface area (Å²) in [6, 6.07) is 8.47. The van der Waals surface area contributed by atoms with E-state index >= 15 is 0 Å². The highest BCUT2D eigenvalue weighted by Crippen LogP contribution is 2.19. The zero-order valence-electron chi connectivity index (χ0n) is 11.6. The average molecular weight is 261 g/mol. The Hall–Kier alpha value is -1.55. The number of anilines is 1. The first-order chi connectivity index (χ1) is 9.16. The van der Waals surface area contributed by atoms with Crippen LogP contribution in [0.1, 0.15) is 24.8 Å². The molecule has 1 amide bonds. The Balaban J connectivity index is 1.96. The number of nitrogens with one attached hydrogen (secondary N) is 1. The highest BCUT2D eigenvalue weighted by Gasteiger charge is 2.18. The topological polar surface area (TPSA) is 58.4 Å². The van der Waals surface area contributed by atoms with Crippen LogP contribution in [0, 0.1) is 0 Å². The van der Waals surface area contributed by atoms with Crippen LogP contribution in [-0.2, 0) is 11.2 Å². The molecule has 0 aliphatic carbocycles. The van der Waals surface area contributed by atoms with E-state index in [0.29, 0.717) is 12.5 Å². The molecule has 3 N–H and O–H groups in total. The summed E-state index contributed by atoms with van der Waals surface area (Å²) >= 11 is 0. The second kappa shape index (κ2) is 6.57. The van der Waals surface area contributed by atoms with Crippen LogP contribution in [0.25, 0.3) is 0 Å². The molecule has 1 aromatic rings. The van der Waals surface area contributed by atoms with E-state index in [0.717, 1.165) is 17.8 Å². The van der Waals surface area contributed by atoms with Gasteiger partial charge in [-0.3, -0.25) is 4.79 Å². The first-order valence-electron chi connectivity index (χ1n) is 6.97. The van der Waals surface area contributed by atoms with Crippen LogP contribution < -0.4 is 11.1 Å². The molecule has 104 valence electrons. The molecule has 1 atom stereocenters. The molecule has 1 aliphatic rings. The van der Waals surface area contributed by atoms with Gasteiger partial charge < -0.3 is 16.0 Å². The van der Waals surface area contributed by atoms with Crippen molar-refractivity contribution in [2.75, 3.05) is 25.5 Å². The van der Waals surface area contributed by atoms with Crippen molar-refractivity contribution in [1.82, 2.24) is 4.90 Å². The van der Waals surface area contributed by atoms with E-state index in [1.165, 1.54) is 25.8 Å². The van der Waals surface area contributed by atoms with E-state index in [9.17, 15) is 4.79 Å². The SMILES string of the molecule is CN1CCCCC1CNc1ccccc1CC(N)=O. The Morgan fingerprint density at radius 2 is 2.21 bits per heavy atom. The van der Waals surface area contributed by atoms with Crippen LogP contribution in [-0.4, -0.2) is 37.0 Å². The number of carbonyl (C=O) groups excluding carboxylic acids is 1. The number of likely N-dealkylation sites (tertiary alicyclic amines) is 1. The van der Waals surface area contributed by atoms with Gasteiger partial charge in [-0.05, 0) is 38.1 Å². The van der Waals surface area contributed by atoms with Crippen LogP contribution >= 0.6 is 0 Å². The molecule has 1 fully saturated rings. The number of amides is 1. The van der Waals surface area contributed by atoms with Crippen LogP contribution in [0.2, 0.25) is 0 Å². The van der Waals surface area contributed by atoms with Crippen LogP contribution in [0.15, 0.2) is 24.3 Å². The number of carbonyl (C=O) groups is 1. The summed E-state index contributed by atoms with van der Waals surface area (Å²) in [7, 11) is 2.18. The summed E-state index contributed by atoms with van der Waals surface area (Å²) in [4.78, 5) is 13.5. The van der Waals surface area contributed by atoms with Crippen molar-refractivity contribution in [3.63, 3.8) is 0 Å². The fourth-order valence-electron chi connectivity index (χ4n) is 2.66. The molecule has 1 saturated heterocycles. The van der Waals surface area contributed by atoms with Gasteiger partial charge in [0.05, 0.1) is 6.42 Å². The van der Waals surface area contributed by atoms with Gasteiger partial charge in [-0.2, -0.15) is 0 Å². The van der Waals surface area contributed by atoms with Crippen molar-refractivity contribution in [3.8, 4) is 0 Å². The third-order valence-corrected chi connectivity index (χ3v) is 3.83. The molecule has 0 saturated carbocycles. The third-order valence-electron chi connectivity index (χ3n) is 3.83. The molecule has 4 nitrogen and oxygen atoms in total. The first kappa shape index (κ1) is 13.9. The maximum absolute atomic E-state index is 11.1. The van der Waals surface area contributed by atoms with Gasteiger partial charge in [0.1, 0.15) is 0 Å². The fraction of sp³-hybridized carbons (Fsp3) is 0.533. The van der Waals surface area contributed by atoms with Gasteiger partial charge in [-0.1, -0.05) is 24.6 Å². The van der Waals surface area contributed by atoms with Crippen molar-refractivity contribution in [2.45, 2.75) is 31.7 Å². The number of nitrogens with zero attached hydrogens (tertiary/aromatic N) is 1. The third kappa shape index (κ3) is 3.96. The Labute approximate surface area is 115 Å². The number of hydrogen-bond acceptors (Lipinski definition) is 3. The number of hydrogen-bond donors (Lipinski definition) is 2. The molecule has 1 aliphatic heterocycles. The van der Waals surface area contributed by atoms with E-state index in [1.54, 1.807) is 0 Å². The summed E-state index contributed by atoms with van der Waals surface area (Å²) in [5.74, 6) is -0.288. The number of primary amides is 1. The predicted octanol–water partition coefficient (Wildman–Crippen LogP) is 1.61. The lowest BCUT2D eigenvalue weighted by Crippen LogP contribution is -2.40. The van der Waals surface area contributed by atoms with E-state index in [4.69, 9.17) is 5.73 Å². The van der Waals surface area contributed by atoms with E-state index in [1.807, 2.05) is 24.3 Å². The minimum absolute atomic E-state index is 0.288. The molecule has 1 heterocycles. The number of likely N-dealkylation sites (N-methyl/N-ethyl adjacent to an activating group) is 1. The van der Waals surface area contributed by atoms with Crippen LogP contribution in [0.5, 0.6) is 0 Å². The average Bonchev–Trinajstić information content (AvgIpc) is 2.39. The monoisotopic (exact) mass is 261 g/mol. The molecular formula is C15H23N3O. The number of benzene rings is 1. The number of piperidine rings is 1. The minimum Gasteiger partial charge on any atom is -0.383 e. The molecule has 4 heteroatoms. The molecule has 1 unspecified atom stereocenters. The summed E-state index contributed by atoms with van der Waals surface area (Å²) in [5.41, 5.74) is 7.29. The van der Waals surface area contributed by atoms with Gasteiger partial charge in [0.25, 0.3) is 0 Å². The Kier molecular flexibility index (Phi) is 4.80. The first-order valence-corrected chi connectivity index (χ1v) is 6.97. The number of rotatable bonds is 5. The number of para-hydroxylation sites is 1. The van der Waals surface area contributed by atoms with Crippen LogP contribution in [0.3, 0.4) is 0 Å². The van der Waals surface area contributed by atoms with Gasteiger partial charge in [-0.25, -0.2) is 0 Å². The minimum atomic E-state index is -0.288. The largest absolute Gasteiger partial charge is 0.383 e. The fourth-order valence-corrected chi connectivity index (χ4v) is 2.66. The lowest BCUT2D eigenvalue weighted by atomic mass is 10.0. The van der Waals surface area contributed by atoms with E-state index in [-0.39, 0.29) is 5.91 Å². The molecule has 19 heavy (non-hydrogen) atoms. The van der Waals surface area contributed by atoms with Crippen molar-refractivity contribution in [3.05, 3.63) is 29.8 Å². The molecular weight excluding hydrogens is 238 g/mol. The smallest absolute Gasteiger partial charge is 0.221 e. The Morgan fingerprint density at radius 3 is 2.95 bits per heavy atom. The standard InChI is InChI=1S/C15H23N3O/c1-18-9-5-4-7-13(18)11-17-14-8-3-2-6-12(14)10-15(16)19/h2-3,6,8,13,17H,4-5,7,9-11H2,1H3,(H2,16,19). The lowest BCUT2D eigenvalue weighted by Gasteiger charge is -2.33. The van der Waals surface area contributed by atoms with Crippen molar-refractivity contribution in [1.29, 1.82) is 0 Å². The molecule has 2 rings (SSSR count). The zero-order valence-corrected chi connectivity index (χ0v) is 11.6. The molecule has 1 aromatic carbocycles. The lowest BCUT2D eigenvalue weighted by molar-refractivity contribution is -0.117. The molecule has 0 aromatic heterocycles. The van der Waals surface area contributed by atoms with E-state index < -0.39 is 0 Å².